The molecule has 0 spiro atoms. The standard InChI is InChI=1S/C12H12N2O4/c1-7(15)6-14-10-3-2-8(12(17)18)4-9(10)13-5-11(14)16/h2-4,13H,5-6H2,1H3,(H,17,18). The zero-order valence-corrected chi connectivity index (χ0v) is 9.77. The second-order valence-corrected chi connectivity index (χ2v) is 4.07. The van der Waals surface area contributed by atoms with Gasteiger partial charge in [0, 0.05) is 0 Å². The first-order chi connectivity index (χ1) is 8.49. The predicted octanol–water partition coefficient (Wildman–Crippen LogP) is 0.732. The second-order valence-electron chi connectivity index (χ2n) is 4.07. The third-order valence-electron chi connectivity index (χ3n) is 2.65. The number of aromatic carboxylic acids is 1. The van der Waals surface area contributed by atoms with E-state index in [2.05, 4.69) is 5.32 Å². The summed E-state index contributed by atoms with van der Waals surface area (Å²) in [5.41, 5.74) is 1.22. The number of nitrogens with one attached hydrogen (secondary N) is 1. The summed E-state index contributed by atoms with van der Waals surface area (Å²) < 4.78 is 0. The average Bonchev–Trinajstić information content (AvgIpc) is 2.31. The van der Waals surface area contributed by atoms with Crippen molar-refractivity contribution in [1.29, 1.82) is 0 Å². The number of hydrogen-bond acceptors (Lipinski definition) is 4. The third kappa shape index (κ3) is 2.17. The minimum atomic E-state index is -1.03. The van der Waals surface area contributed by atoms with E-state index < -0.39 is 5.97 Å². The fourth-order valence-corrected chi connectivity index (χ4v) is 1.84. The van der Waals surface area contributed by atoms with Crippen LogP contribution in [0.15, 0.2) is 18.2 Å². The Morgan fingerprint density at radius 2 is 2.17 bits per heavy atom. The molecular weight excluding hydrogens is 236 g/mol. The molecule has 18 heavy (non-hydrogen) atoms. The molecule has 0 saturated heterocycles. The maximum atomic E-state index is 11.7. The molecule has 1 aromatic rings. The van der Waals surface area contributed by atoms with Gasteiger partial charge in [-0.2, -0.15) is 0 Å². The number of carbonyl (C=O) groups is 3. The number of anilines is 2. The van der Waals surface area contributed by atoms with Gasteiger partial charge in [0.15, 0.2) is 0 Å². The first kappa shape index (κ1) is 12.1. The van der Waals surface area contributed by atoms with Crippen LogP contribution in [0.4, 0.5) is 11.4 Å². The number of ketones is 1. The summed E-state index contributed by atoms with van der Waals surface area (Å²) in [7, 11) is 0. The Balaban J connectivity index is 2.41. The van der Waals surface area contributed by atoms with Crippen molar-refractivity contribution in [2.45, 2.75) is 6.92 Å². The molecule has 1 aliphatic heterocycles. The quantitative estimate of drug-likeness (QED) is 0.823. The van der Waals surface area contributed by atoms with Gasteiger partial charge in [-0.3, -0.25) is 9.59 Å². The lowest BCUT2D eigenvalue weighted by Gasteiger charge is -2.29. The normalized spacial score (nSPS) is 13.8. The Hall–Kier alpha value is -2.37. The Bertz CT molecular complexity index is 539. The number of carboxylic acids is 1. The Labute approximate surface area is 103 Å². The molecular formula is C12H12N2O4. The molecule has 2 rings (SSSR count). The van der Waals surface area contributed by atoms with E-state index in [1.165, 1.54) is 30.0 Å². The summed E-state index contributed by atoms with van der Waals surface area (Å²) in [5.74, 6) is -1.37. The van der Waals surface area contributed by atoms with Crippen molar-refractivity contribution < 1.29 is 19.5 Å². The number of carbonyl (C=O) groups excluding carboxylic acids is 2. The van der Waals surface area contributed by atoms with Crippen LogP contribution >= 0.6 is 0 Å². The molecule has 6 heteroatoms. The number of amides is 1. The summed E-state index contributed by atoms with van der Waals surface area (Å²) in [4.78, 5) is 35.0. The van der Waals surface area contributed by atoms with Crippen molar-refractivity contribution in [3.63, 3.8) is 0 Å². The highest BCUT2D eigenvalue weighted by Gasteiger charge is 2.25. The van der Waals surface area contributed by atoms with E-state index in [4.69, 9.17) is 5.11 Å². The molecule has 0 atom stereocenters. The number of Topliss-reactive ketones (excluding diaryl/α,β-unsaturated/α-hetero) is 1. The van der Waals surface area contributed by atoms with Crippen LogP contribution in [0.2, 0.25) is 0 Å². The second kappa shape index (κ2) is 4.48. The number of carboxylic acid groups (broad SMARTS) is 1. The van der Waals surface area contributed by atoms with Crippen molar-refractivity contribution in [2.24, 2.45) is 0 Å². The summed E-state index contributed by atoms with van der Waals surface area (Å²) in [6, 6.07) is 4.40. The molecule has 0 aliphatic carbocycles. The summed E-state index contributed by atoms with van der Waals surface area (Å²) >= 11 is 0. The average molecular weight is 248 g/mol. The molecule has 0 saturated carbocycles. The van der Waals surface area contributed by atoms with Crippen LogP contribution in [-0.4, -0.2) is 35.9 Å². The molecule has 1 amide bonds. The minimum absolute atomic E-state index is 0.0000680. The monoisotopic (exact) mass is 248 g/mol. The van der Waals surface area contributed by atoms with Gasteiger partial charge in [0.25, 0.3) is 0 Å². The molecule has 1 aliphatic rings. The fourth-order valence-electron chi connectivity index (χ4n) is 1.84. The van der Waals surface area contributed by atoms with Crippen LogP contribution in [0.1, 0.15) is 17.3 Å². The van der Waals surface area contributed by atoms with Crippen molar-refractivity contribution in [2.75, 3.05) is 23.3 Å². The van der Waals surface area contributed by atoms with E-state index in [0.29, 0.717) is 11.4 Å². The first-order valence-corrected chi connectivity index (χ1v) is 5.40. The number of nitrogens with zero attached hydrogens (tertiary/aromatic N) is 1. The SMILES string of the molecule is CC(=O)CN1C(=O)CNc2cc(C(=O)O)ccc21. The van der Waals surface area contributed by atoms with E-state index in [0.717, 1.165) is 0 Å². The molecule has 0 radical (unpaired) electrons. The van der Waals surface area contributed by atoms with Crippen LogP contribution < -0.4 is 10.2 Å². The zero-order chi connectivity index (χ0) is 13.3. The van der Waals surface area contributed by atoms with Crippen LogP contribution in [0.3, 0.4) is 0 Å². The van der Waals surface area contributed by atoms with E-state index in [1.54, 1.807) is 0 Å². The summed E-state index contributed by atoms with van der Waals surface area (Å²) in [6.45, 7) is 1.46. The highest BCUT2D eigenvalue weighted by atomic mass is 16.4. The van der Waals surface area contributed by atoms with Crippen LogP contribution in [0.25, 0.3) is 0 Å². The number of rotatable bonds is 3. The van der Waals surface area contributed by atoms with Gasteiger partial charge in [-0.15, -0.1) is 0 Å². The van der Waals surface area contributed by atoms with Crippen molar-refractivity contribution in [3.05, 3.63) is 23.8 Å². The molecule has 0 aromatic heterocycles. The lowest BCUT2D eigenvalue weighted by Crippen LogP contribution is -2.42. The molecule has 2 N–H and O–H groups in total. The maximum absolute atomic E-state index is 11.7. The highest BCUT2D eigenvalue weighted by Crippen LogP contribution is 2.30. The predicted molar refractivity (Wildman–Crippen MR) is 64.9 cm³/mol. The molecule has 0 bridgehead atoms. The number of fused-ring (bicyclic) bond motifs is 1. The van der Waals surface area contributed by atoms with Gasteiger partial charge in [0.2, 0.25) is 5.91 Å². The Kier molecular flexibility index (Phi) is 3.01. The van der Waals surface area contributed by atoms with Gasteiger partial charge < -0.3 is 15.3 Å². The van der Waals surface area contributed by atoms with E-state index in [1.807, 2.05) is 0 Å². The lowest BCUT2D eigenvalue weighted by molar-refractivity contribution is -0.121. The van der Waals surface area contributed by atoms with Gasteiger partial charge in [0.1, 0.15) is 5.78 Å². The van der Waals surface area contributed by atoms with Crippen molar-refractivity contribution in [1.82, 2.24) is 0 Å². The van der Waals surface area contributed by atoms with Crippen LogP contribution in [0.5, 0.6) is 0 Å². The maximum Gasteiger partial charge on any atom is 0.335 e. The van der Waals surface area contributed by atoms with E-state index in [9.17, 15) is 14.4 Å². The van der Waals surface area contributed by atoms with Crippen LogP contribution in [0, 0.1) is 0 Å². The van der Waals surface area contributed by atoms with Gasteiger partial charge in [0.05, 0.1) is 30.0 Å². The third-order valence-corrected chi connectivity index (χ3v) is 2.65. The van der Waals surface area contributed by atoms with Gasteiger partial charge >= 0.3 is 5.97 Å². The zero-order valence-electron chi connectivity index (χ0n) is 9.77. The fraction of sp³-hybridized carbons (Fsp3) is 0.250. The molecule has 94 valence electrons. The Morgan fingerprint density at radius 3 is 2.78 bits per heavy atom. The lowest BCUT2D eigenvalue weighted by atomic mass is 10.1. The largest absolute Gasteiger partial charge is 0.478 e. The summed E-state index contributed by atoms with van der Waals surface area (Å²) in [5, 5.41) is 11.7. The van der Waals surface area contributed by atoms with E-state index >= 15 is 0 Å². The molecule has 0 fully saturated rings. The van der Waals surface area contributed by atoms with Gasteiger partial charge in [-0.25, -0.2) is 4.79 Å². The molecule has 1 aromatic carbocycles. The minimum Gasteiger partial charge on any atom is -0.478 e. The molecule has 0 unspecified atom stereocenters. The number of benzene rings is 1. The summed E-state index contributed by atoms with van der Waals surface area (Å²) in [6.07, 6.45) is 0. The first-order valence-electron chi connectivity index (χ1n) is 5.40. The van der Waals surface area contributed by atoms with Gasteiger partial charge in [-0.05, 0) is 25.1 Å². The highest BCUT2D eigenvalue weighted by molar-refractivity contribution is 6.06. The molecule has 6 nitrogen and oxygen atoms in total. The smallest absolute Gasteiger partial charge is 0.335 e. The van der Waals surface area contributed by atoms with Crippen molar-refractivity contribution >= 4 is 29.0 Å². The Morgan fingerprint density at radius 1 is 1.44 bits per heavy atom. The van der Waals surface area contributed by atoms with Crippen LogP contribution in [-0.2, 0) is 9.59 Å². The van der Waals surface area contributed by atoms with Crippen molar-refractivity contribution in [3.8, 4) is 0 Å². The molecule has 1 heterocycles. The topological polar surface area (TPSA) is 86.7 Å². The van der Waals surface area contributed by atoms with Gasteiger partial charge in [-0.1, -0.05) is 0 Å². The number of hydrogen-bond donors (Lipinski definition) is 2. The van der Waals surface area contributed by atoms with E-state index in [-0.39, 0.29) is 30.3 Å².